The van der Waals surface area contributed by atoms with Crippen LogP contribution >= 0.6 is 0 Å². The van der Waals surface area contributed by atoms with Gasteiger partial charge < -0.3 is 5.73 Å². The zero-order valence-corrected chi connectivity index (χ0v) is 11.0. The Hall–Kier alpha value is -0.860. The maximum atomic E-state index is 6.45. The van der Waals surface area contributed by atoms with Gasteiger partial charge in [-0.1, -0.05) is 37.3 Å². The summed E-state index contributed by atoms with van der Waals surface area (Å²) in [5, 5.41) is 0. The third kappa shape index (κ3) is 2.70. The first-order valence-corrected chi connectivity index (χ1v) is 6.80. The van der Waals surface area contributed by atoms with Crippen molar-refractivity contribution >= 4 is 0 Å². The molecule has 0 saturated carbocycles. The fraction of sp³-hybridized carbons (Fsp3) is 0.600. The first-order chi connectivity index (χ1) is 8.24. The monoisotopic (exact) mass is 232 g/mol. The lowest BCUT2D eigenvalue weighted by molar-refractivity contribution is 0.160. The molecule has 0 spiro atoms. The Morgan fingerprint density at radius 2 is 2.06 bits per heavy atom. The van der Waals surface area contributed by atoms with Crippen LogP contribution in [-0.4, -0.2) is 23.5 Å². The lowest BCUT2D eigenvalue weighted by atomic mass is 9.96. The molecule has 0 aliphatic carbocycles. The Morgan fingerprint density at radius 1 is 1.35 bits per heavy atom. The molecule has 0 radical (unpaired) electrons. The Balaban J connectivity index is 2.13. The van der Waals surface area contributed by atoms with Gasteiger partial charge in [0.05, 0.1) is 0 Å². The maximum absolute atomic E-state index is 6.45. The van der Waals surface area contributed by atoms with Gasteiger partial charge in [0, 0.05) is 18.1 Å². The van der Waals surface area contributed by atoms with Crippen LogP contribution in [0.25, 0.3) is 0 Å². The molecule has 2 nitrogen and oxygen atoms in total. The molecule has 0 bridgehead atoms. The number of nitrogens with zero attached hydrogens (tertiary/aromatic N) is 1. The molecular weight excluding hydrogens is 208 g/mol. The summed E-state index contributed by atoms with van der Waals surface area (Å²) in [5.74, 6) is 0. The van der Waals surface area contributed by atoms with Gasteiger partial charge in [-0.25, -0.2) is 0 Å². The highest BCUT2D eigenvalue weighted by molar-refractivity contribution is 5.20. The fourth-order valence-electron chi connectivity index (χ4n) is 3.04. The molecule has 3 unspecified atom stereocenters. The first-order valence-electron chi connectivity index (χ1n) is 6.80. The minimum absolute atomic E-state index is 0.141. The second-order valence-corrected chi connectivity index (χ2v) is 5.14. The van der Waals surface area contributed by atoms with Gasteiger partial charge in [0.2, 0.25) is 0 Å². The molecule has 3 atom stereocenters. The molecule has 1 fully saturated rings. The van der Waals surface area contributed by atoms with Crippen LogP contribution in [0.5, 0.6) is 0 Å². The fourth-order valence-corrected chi connectivity index (χ4v) is 3.04. The maximum Gasteiger partial charge on any atom is 0.0453 e. The summed E-state index contributed by atoms with van der Waals surface area (Å²) in [6.07, 6.45) is 3.76. The second kappa shape index (κ2) is 5.65. The van der Waals surface area contributed by atoms with Gasteiger partial charge in [-0.15, -0.1) is 0 Å². The molecule has 1 aromatic carbocycles. The Bertz CT molecular complexity index is 336. The average Bonchev–Trinajstić information content (AvgIpc) is 2.78. The summed E-state index contributed by atoms with van der Waals surface area (Å²) < 4.78 is 0. The Kier molecular flexibility index (Phi) is 4.19. The van der Waals surface area contributed by atoms with E-state index in [1.807, 2.05) is 0 Å². The molecule has 2 rings (SSSR count). The number of nitrogens with two attached hydrogens (primary N) is 1. The largest absolute Gasteiger partial charge is 0.323 e. The van der Waals surface area contributed by atoms with E-state index in [0.29, 0.717) is 12.1 Å². The van der Waals surface area contributed by atoms with Crippen LogP contribution in [0, 0.1) is 0 Å². The molecule has 1 aliphatic rings. The standard InChI is InChI=1S/C15H24N2/c1-3-14(17-11-7-8-12(17)2)15(16)13-9-5-4-6-10-13/h4-6,9-10,12,14-15H,3,7-8,11,16H2,1-2H3. The van der Waals surface area contributed by atoms with Gasteiger partial charge in [0.1, 0.15) is 0 Å². The number of rotatable bonds is 4. The van der Waals surface area contributed by atoms with E-state index in [1.165, 1.54) is 24.9 Å². The SMILES string of the molecule is CCC(C(N)c1ccccc1)N1CCCC1C. The van der Waals surface area contributed by atoms with Gasteiger partial charge in [-0.05, 0) is 38.3 Å². The van der Waals surface area contributed by atoms with E-state index in [1.54, 1.807) is 0 Å². The zero-order chi connectivity index (χ0) is 12.3. The Morgan fingerprint density at radius 3 is 2.59 bits per heavy atom. The summed E-state index contributed by atoms with van der Waals surface area (Å²) in [5.41, 5.74) is 7.71. The molecule has 0 aromatic heterocycles. The predicted molar refractivity (Wildman–Crippen MR) is 72.9 cm³/mol. The van der Waals surface area contributed by atoms with Crippen LogP contribution in [-0.2, 0) is 0 Å². The number of benzene rings is 1. The highest BCUT2D eigenvalue weighted by Gasteiger charge is 2.30. The lowest BCUT2D eigenvalue weighted by Crippen LogP contribution is -2.44. The quantitative estimate of drug-likeness (QED) is 0.865. The first kappa shape index (κ1) is 12.6. The van der Waals surface area contributed by atoms with E-state index in [4.69, 9.17) is 5.73 Å². The third-order valence-electron chi connectivity index (χ3n) is 4.05. The lowest BCUT2D eigenvalue weighted by Gasteiger charge is -2.35. The van der Waals surface area contributed by atoms with Crippen molar-refractivity contribution in [1.82, 2.24) is 4.90 Å². The van der Waals surface area contributed by atoms with Crippen LogP contribution in [0.15, 0.2) is 30.3 Å². The summed E-state index contributed by atoms with van der Waals surface area (Å²) in [6.45, 7) is 5.78. The van der Waals surface area contributed by atoms with Crippen molar-refractivity contribution in [1.29, 1.82) is 0 Å². The van der Waals surface area contributed by atoms with E-state index >= 15 is 0 Å². The highest BCUT2D eigenvalue weighted by atomic mass is 15.2. The van der Waals surface area contributed by atoms with E-state index < -0.39 is 0 Å². The van der Waals surface area contributed by atoms with Crippen LogP contribution < -0.4 is 5.73 Å². The highest BCUT2D eigenvalue weighted by Crippen LogP contribution is 2.28. The van der Waals surface area contributed by atoms with Crippen LogP contribution in [0.2, 0.25) is 0 Å². The van der Waals surface area contributed by atoms with Crippen molar-refractivity contribution < 1.29 is 0 Å². The number of hydrogen-bond donors (Lipinski definition) is 1. The zero-order valence-electron chi connectivity index (χ0n) is 11.0. The minimum Gasteiger partial charge on any atom is -0.323 e. The van der Waals surface area contributed by atoms with Crippen molar-refractivity contribution in [2.24, 2.45) is 5.73 Å². The summed E-state index contributed by atoms with van der Waals surface area (Å²) >= 11 is 0. The molecule has 1 heterocycles. The van der Waals surface area contributed by atoms with E-state index in [-0.39, 0.29) is 6.04 Å². The topological polar surface area (TPSA) is 29.3 Å². The summed E-state index contributed by atoms with van der Waals surface area (Å²) in [6, 6.07) is 11.8. The molecule has 1 aromatic rings. The predicted octanol–water partition coefficient (Wildman–Crippen LogP) is 2.95. The summed E-state index contributed by atoms with van der Waals surface area (Å²) in [7, 11) is 0. The smallest absolute Gasteiger partial charge is 0.0453 e. The molecule has 2 N–H and O–H groups in total. The average molecular weight is 232 g/mol. The van der Waals surface area contributed by atoms with Crippen LogP contribution in [0.3, 0.4) is 0 Å². The van der Waals surface area contributed by atoms with Crippen molar-refractivity contribution in [2.45, 2.75) is 51.2 Å². The minimum atomic E-state index is 0.141. The molecule has 1 saturated heterocycles. The van der Waals surface area contributed by atoms with Crippen molar-refractivity contribution in [2.75, 3.05) is 6.54 Å². The van der Waals surface area contributed by atoms with Crippen molar-refractivity contribution in [3.05, 3.63) is 35.9 Å². The van der Waals surface area contributed by atoms with E-state index in [2.05, 4.69) is 49.1 Å². The molecule has 2 heteroatoms. The molecule has 1 aliphatic heterocycles. The van der Waals surface area contributed by atoms with E-state index in [9.17, 15) is 0 Å². The number of likely N-dealkylation sites (tertiary alicyclic amines) is 1. The van der Waals surface area contributed by atoms with Gasteiger partial charge in [-0.3, -0.25) is 4.90 Å². The Labute approximate surface area is 105 Å². The normalized spacial score (nSPS) is 24.8. The van der Waals surface area contributed by atoms with Gasteiger partial charge >= 0.3 is 0 Å². The molecule has 0 amide bonds. The van der Waals surface area contributed by atoms with Gasteiger partial charge in [0.25, 0.3) is 0 Å². The molecular formula is C15H24N2. The van der Waals surface area contributed by atoms with Gasteiger partial charge in [-0.2, -0.15) is 0 Å². The second-order valence-electron chi connectivity index (χ2n) is 5.14. The van der Waals surface area contributed by atoms with Crippen molar-refractivity contribution in [3.63, 3.8) is 0 Å². The van der Waals surface area contributed by atoms with Gasteiger partial charge in [0.15, 0.2) is 0 Å². The molecule has 17 heavy (non-hydrogen) atoms. The van der Waals surface area contributed by atoms with Crippen LogP contribution in [0.1, 0.15) is 44.7 Å². The third-order valence-corrected chi connectivity index (χ3v) is 4.05. The number of hydrogen-bond acceptors (Lipinski definition) is 2. The molecule has 94 valence electrons. The van der Waals surface area contributed by atoms with E-state index in [0.717, 1.165) is 6.42 Å². The summed E-state index contributed by atoms with van der Waals surface area (Å²) in [4.78, 5) is 2.59. The van der Waals surface area contributed by atoms with Crippen molar-refractivity contribution in [3.8, 4) is 0 Å². The van der Waals surface area contributed by atoms with Crippen LogP contribution in [0.4, 0.5) is 0 Å².